The van der Waals surface area contributed by atoms with E-state index in [-0.39, 0.29) is 0 Å². The lowest BCUT2D eigenvalue weighted by Crippen LogP contribution is -2.20. The van der Waals surface area contributed by atoms with E-state index in [0.29, 0.717) is 6.04 Å². The standard InChI is InChI=1S/C13H17N3O/c1-15-8-4-6-11(15)13-14-9-10-5-3-7-12(17-2)16(10)13/h3,5,7,9,11H,4,6,8H2,1-2H3. The number of nitrogens with zero attached hydrogens (tertiary/aromatic N) is 3. The monoisotopic (exact) mass is 231 g/mol. The second-order valence-corrected chi connectivity index (χ2v) is 4.58. The fraction of sp³-hybridized carbons (Fsp3) is 0.462. The molecule has 4 nitrogen and oxygen atoms in total. The number of fused-ring (bicyclic) bond motifs is 1. The van der Waals surface area contributed by atoms with Crippen LogP contribution in [0, 0.1) is 0 Å². The summed E-state index contributed by atoms with van der Waals surface area (Å²) in [5.74, 6) is 1.95. The molecule has 1 saturated heterocycles. The third-order valence-electron chi connectivity index (χ3n) is 3.57. The Balaban J connectivity index is 2.16. The van der Waals surface area contributed by atoms with E-state index >= 15 is 0 Å². The molecular weight excluding hydrogens is 214 g/mol. The number of aromatic nitrogens is 2. The average Bonchev–Trinajstić information content (AvgIpc) is 2.94. The van der Waals surface area contributed by atoms with Gasteiger partial charge in [-0.2, -0.15) is 0 Å². The zero-order valence-corrected chi connectivity index (χ0v) is 10.3. The molecule has 17 heavy (non-hydrogen) atoms. The van der Waals surface area contributed by atoms with E-state index in [9.17, 15) is 0 Å². The highest BCUT2D eigenvalue weighted by atomic mass is 16.5. The summed E-state index contributed by atoms with van der Waals surface area (Å²) >= 11 is 0. The molecule has 0 amide bonds. The SMILES string of the molecule is COc1cccc2cnc(C3CCCN3C)n12. The number of hydrogen-bond acceptors (Lipinski definition) is 3. The van der Waals surface area contributed by atoms with Crippen LogP contribution in [0.4, 0.5) is 0 Å². The number of hydrogen-bond donors (Lipinski definition) is 0. The smallest absolute Gasteiger partial charge is 0.199 e. The van der Waals surface area contributed by atoms with Crippen molar-refractivity contribution in [2.45, 2.75) is 18.9 Å². The maximum Gasteiger partial charge on any atom is 0.199 e. The van der Waals surface area contributed by atoms with Crippen LogP contribution in [0.15, 0.2) is 24.4 Å². The topological polar surface area (TPSA) is 29.8 Å². The second-order valence-electron chi connectivity index (χ2n) is 4.58. The van der Waals surface area contributed by atoms with Crippen molar-refractivity contribution < 1.29 is 4.74 Å². The molecule has 90 valence electrons. The lowest BCUT2D eigenvalue weighted by atomic mass is 10.2. The molecule has 1 unspecified atom stereocenters. The lowest BCUT2D eigenvalue weighted by Gasteiger charge is -2.19. The molecule has 0 aromatic carbocycles. The molecule has 0 radical (unpaired) electrons. The van der Waals surface area contributed by atoms with E-state index in [0.717, 1.165) is 23.8 Å². The molecule has 2 aromatic rings. The summed E-state index contributed by atoms with van der Waals surface area (Å²) < 4.78 is 7.54. The van der Waals surface area contributed by atoms with Crippen LogP contribution < -0.4 is 4.74 Å². The largest absolute Gasteiger partial charge is 0.482 e. The molecule has 0 bridgehead atoms. The Kier molecular flexibility index (Phi) is 2.52. The predicted octanol–water partition coefficient (Wildman–Crippen LogP) is 2.11. The van der Waals surface area contributed by atoms with Gasteiger partial charge in [-0.25, -0.2) is 4.98 Å². The molecule has 2 aromatic heterocycles. The van der Waals surface area contributed by atoms with Crippen molar-refractivity contribution in [3.63, 3.8) is 0 Å². The molecule has 1 atom stereocenters. The number of rotatable bonds is 2. The van der Waals surface area contributed by atoms with Crippen LogP contribution in [-0.4, -0.2) is 35.0 Å². The molecule has 1 fully saturated rings. The minimum absolute atomic E-state index is 0.411. The summed E-state index contributed by atoms with van der Waals surface area (Å²) in [5, 5.41) is 0. The Morgan fingerprint density at radius 2 is 2.29 bits per heavy atom. The predicted molar refractivity (Wildman–Crippen MR) is 66.3 cm³/mol. The average molecular weight is 231 g/mol. The van der Waals surface area contributed by atoms with Crippen molar-refractivity contribution in [3.8, 4) is 5.88 Å². The van der Waals surface area contributed by atoms with Gasteiger partial charge in [0.25, 0.3) is 0 Å². The van der Waals surface area contributed by atoms with Crippen molar-refractivity contribution >= 4 is 5.52 Å². The van der Waals surface area contributed by atoms with E-state index < -0.39 is 0 Å². The van der Waals surface area contributed by atoms with Crippen LogP contribution >= 0.6 is 0 Å². The van der Waals surface area contributed by atoms with E-state index in [2.05, 4.69) is 27.4 Å². The molecule has 0 saturated carbocycles. The molecule has 0 N–H and O–H groups in total. The summed E-state index contributed by atoms with van der Waals surface area (Å²) in [7, 11) is 3.87. The number of imidazole rings is 1. The van der Waals surface area contributed by atoms with Gasteiger partial charge in [-0.15, -0.1) is 0 Å². The van der Waals surface area contributed by atoms with Gasteiger partial charge in [-0.3, -0.25) is 9.30 Å². The summed E-state index contributed by atoms with van der Waals surface area (Å²) in [4.78, 5) is 6.94. The van der Waals surface area contributed by atoms with Gasteiger partial charge in [0.1, 0.15) is 5.82 Å². The van der Waals surface area contributed by atoms with Crippen molar-refractivity contribution in [1.29, 1.82) is 0 Å². The first-order valence-corrected chi connectivity index (χ1v) is 6.02. The quantitative estimate of drug-likeness (QED) is 0.793. The molecule has 1 aliphatic rings. The number of likely N-dealkylation sites (tertiary alicyclic amines) is 1. The van der Waals surface area contributed by atoms with Crippen LogP contribution in [0.5, 0.6) is 5.88 Å². The van der Waals surface area contributed by atoms with Gasteiger partial charge in [0.05, 0.1) is 24.9 Å². The fourth-order valence-corrected chi connectivity index (χ4v) is 2.67. The summed E-state index contributed by atoms with van der Waals surface area (Å²) in [5.41, 5.74) is 1.10. The minimum Gasteiger partial charge on any atom is -0.482 e. The molecule has 4 heteroatoms. The number of ether oxygens (including phenoxy) is 1. The molecule has 1 aliphatic heterocycles. The zero-order chi connectivity index (χ0) is 11.8. The summed E-state index contributed by atoms with van der Waals surface area (Å²) in [6.07, 6.45) is 4.34. The van der Waals surface area contributed by atoms with Crippen LogP contribution in [-0.2, 0) is 0 Å². The van der Waals surface area contributed by atoms with E-state index in [1.807, 2.05) is 18.3 Å². The van der Waals surface area contributed by atoms with Crippen molar-refractivity contribution in [2.24, 2.45) is 0 Å². The van der Waals surface area contributed by atoms with Crippen LogP contribution in [0.1, 0.15) is 24.7 Å². The highest BCUT2D eigenvalue weighted by Crippen LogP contribution is 2.31. The number of methoxy groups -OCH3 is 1. The lowest BCUT2D eigenvalue weighted by molar-refractivity contribution is 0.300. The van der Waals surface area contributed by atoms with Crippen molar-refractivity contribution in [3.05, 3.63) is 30.2 Å². The Labute approximate surface area is 101 Å². The Morgan fingerprint density at radius 1 is 1.41 bits per heavy atom. The molecule has 3 rings (SSSR count). The first kappa shape index (κ1) is 10.6. The van der Waals surface area contributed by atoms with Crippen LogP contribution in [0.25, 0.3) is 5.52 Å². The van der Waals surface area contributed by atoms with Crippen molar-refractivity contribution in [2.75, 3.05) is 20.7 Å². The molecule has 3 heterocycles. The van der Waals surface area contributed by atoms with Crippen LogP contribution in [0.3, 0.4) is 0 Å². The van der Waals surface area contributed by atoms with Crippen molar-refractivity contribution in [1.82, 2.24) is 14.3 Å². The summed E-state index contributed by atoms with van der Waals surface area (Å²) in [6.45, 7) is 1.15. The van der Waals surface area contributed by atoms with Gasteiger partial charge >= 0.3 is 0 Å². The van der Waals surface area contributed by atoms with E-state index in [4.69, 9.17) is 4.74 Å². The highest BCUT2D eigenvalue weighted by molar-refractivity contribution is 5.49. The third-order valence-corrected chi connectivity index (χ3v) is 3.57. The maximum atomic E-state index is 5.43. The normalized spacial score (nSPS) is 21.2. The maximum absolute atomic E-state index is 5.43. The van der Waals surface area contributed by atoms with Gasteiger partial charge in [-0.05, 0) is 38.6 Å². The van der Waals surface area contributed by atoms with E-state index in [1.165, 1.54) is 12.8 Å². The first-order valence-electron chi connectivity index (χ1n) is 6.02. The van der Waals surface area contributed by atoms with Gasteiger partial charge in [-0.1, -0.05) is 6.07 Å². The molecule has 0 aliphatic carbocycles. The van der Waals surface area contributed by atoms with Gasteiger partial charge in [0.2, 0.25) is 0 Å². The van der Waals surface area contributed by atoms with Gasteiger partial charge in [0.15, 0.2) is 5.88 Å². The Bertz CT molecular complexity index is 534. The third kappa shape index (κ3) is 1.60. The second kappa shape index (κ2) is 4.04. The zero-order valence-electron chi connectivity index (χ0n) is 10.3. The van der Waals surface area contributed by atoms with Gasteiger partial charge < -0.3 is 4.74 Å². The Hall–Kier alpha value is -1.55. The Morgan fingerprint density at radius 3 is 3.00 bits per heavy atom. The first-order chi connectivity index (χ1) is 8.31. The van der Waals surface area contributed by atoms with Gasteiger partial charge in [0, 0.05) is 0 Å². The highest BCUT2D eigenvalue weighted by Gasteiger charge is 2.26. The fourth-order valence-electron chi connectivity index (χ4n) is 2.67. The van der Waals surface area contributed by atoms with Crippen LogP contribution in [0.2, 0.25) is 0 Å². The minimum atomic E-state index is 0.411. The number of pyridine rings is 1. The van der Waals surface area contributed by atoms with E-state index in [1.54, 1.807) is 7.11 Å². The summed E-state index contributed by atoms with van der Waals surface area (Å²) in [6, 6.07) is 6.45. The molecule has 0 spiro atoms. The molecular formula is C13H17N3O.